The minimum absolute atomic E-state index is 0.0162. The fourth-order valence-corrected chi connectivity index (χ4v) is 1.99. The highest BCUT2D eigenvalue weighted by molar-refractivity contribution is 6.17. The van der Waals surface area contributed by atoms with E-state index in [1.54, 1.807) is 13.8 Å². The largest absolute Gasteiger partial charge is 0.416 e. The molecule has 1 aromatic rings. The predicted molar refractivity (Wildman–Crippen MR) is 68.3 cm³/mol. The van der Waals surface area contributed by atoms with Gasteiger partial charge in [0.1, 0.15) is 0 Å². The molecule has 1 rings (SSSR count). The smallest absolute Gasteiger partial charge is 0.347 e. The molecule has 1 aromatic carbocycles. The molecule has 0 aromatic heterocycles. The lowest BCUT2D eigenvalue weighted by Crippen LogP contribution is -2.43. The van der Waals surface area contributed by atoms with Crippen LogP contribution in [0.1, 0.15) is 36.2 Å². The number of hydrogen-bond acceptors (Lipinski definition) is 1. The summed E-state index contributed by atoms with van der Waals surface area (Å²) in [4.78, 5) is 11.9. The molecule has 0 heterocycles. The van der Waals surface area contributed by atoms with Gasteiger partial charge >= 0.3 is 6.18 Å². The number of carbonyl (C=O) groups excluding carboxylic acids is 1. The van der Waals surface area contributed by atoms with Crippen LogP contribution in [0, 0.1) is 0 Å². The van der Waals surface area contributed by atoms with E-state index in [-0.39, 0.29) is 5.56 Å². The Labute approximate surface area is 114 Å². The van der Waals surface area contributed by atoms with E-state index in [0.29, 0.717) is 12.3 Å². The van der Waals surface area contributed by atoms with Gasteiger partial charge in [-0.15, -0.1) is 11.6 Å². The molecule has 0 fully saturated rings. The third-order valence-corrected chi connectivity index (χ3v) is 2.81. The van der Waals surface area contributed by atoms with Crippen LogP contribution >= 0.6 is 11.6 Å². The summed E-state index contributed by atoms with van der Waals surface area (Å²) in [7, 11) is 0. The molecule has 0 bridgehead atoms. The number of carbonyl (C=O) groups is 1. The summed E-state index contributed by atoms with van der Waals surface area (Å²) in [5.41, 5.74) is -1.42. The van der Waals surface area contributed by atoms with Gasteiger partial charge in [0, 0.05) is 17.0 Å². The molecular weight excluding hydrogens is 279 g/mol. The summed E-state index contributed by atoms with van der Waals surface area (Å²) in [6.07, 6.45) is -3.93. The first-order valence-corrected chi connectivity index (χ1v) is 6.25. The zero-order valence-electron chi connectivity index (χ0n) is 10.6. The van der Waals surface area contributed by atoms with Gasteiger partial charge in [0.25, 0.3) is 5.91 Å². The summed E-state index contributed by atoms with van der Waals surface area (Å²) in [5.74, 6) is -0.184. The van der Waals surface area contributed by atoms with Crippen molar-refractivity contribution in [2.75, 3.05) is 5.88 Å². The molecule has 0 radical (unpaired) electrons. The average Bonchev–Trinajstić information content (AvgIpc) is 2.27. The normalized spacial score (nSPS) is 12.3. The van der Waals surface area contributed by atoms with Gasteiger partial charge in [-0.3, -0.25) is 4.79 Å². The van der Waals surface area contributed by atoms with Crippen molar-refractivity contribution in [2.45, 2.75) is 32.0 Å². The van der Waals surface area contributed by atoms with Crippen molar-refractivity contribution in [2.24, 2.45) is 0 Å². The fourth-order valence-electron chi connectivity index (χ4n) is 1.51. The summed E-state index contributed by atoms with van der Waals surface area (Å²) < 4.78 is 37.6. The lowest BCUT2D eigenvalue weighted by Gasteiger charge is -2.25. The van der Waals surface area contributed by atoms with E-state index >= 15 is 0 Å². The van der Waals surface area contributed by atoms with Gasteiger partial charge in [-0.05, 0) is 38.5 Å². The van der Waals surface area contributed by atoms with Gasteiger partial charge in [-0.2, -0.15) is 13.2 Å². The van der Waals surface area contributed by atoms with Crippen molar-refractivity contribution in [3.05, 3.63) is 35.4 Å². The minimum atomic E-state index is -4.46. The van der Waals surface area contributed by atoms with E-state index in [2.05, 4.69) is 5.32 Å². The Morgan fingerprint density at radius 1 is 1.32 bits per heavy atom. The highest BCUT2D eigenvalue weighted by Crippen LogP contribution is 2.29. The molecule has 0 saturated heterocycles. The van der Waals surface area contributed by atoms with Crippen LogP contribution in [0.2, 0.25) is 0 Å². The number of alkyl halides is 4. The molecule has 2 nitrogen and oxygen atoms in total. The first-order chi connectivity index (χ1) is 8.65. The average molecular weight is 294 g/mol. The van der Waals surface area contributed by atoms with Gasteiger partial charge < -0.3 is 5.32 Å². The van der Waals surface area contributed by atoms with Gasteiger partial charge in [-0.1, -0.05) is 6.07 Å². The summed E-state index contributed by atoms with van der Waals surface area (Å²) in [6, 6.07) is 4.33. The van der Waals surface area contributed by atoms with E-state index in [0.717, 1.165) is 12.1 Å². The molecule has 0 aliphatic rings. The Morgan fingerprint density at radius 3 is 2.47 bits per heavy atom. The molecule has 0 spiro atoms. The van der Waals surface area contributed by atoms with Crippen molar-refractivity contribution >= 4 is 17.5 Å². The second kappa shape index (κ2) is 5.82. The van der Waals surface area contributed by atoms with Crippen LogP contribution in [-0.4, -0.2) is 17.3 Å². The first kappa shape index (κ1) is 15.8. The molecule has 0 aliphatic carbocycles. The zero-order chi connectivity index (χ0) is 14.7. The van der Waals surface area contributed by atoms with Crippen LogP contribution in [-0.2, 0) is 6.18 Å². The molecule has 1 N–H and O–H groups in total. The monoisotopic (exact) mass is 293 g/mol. The quantitative estimate of drug-likeness (QED) is 0.840. The maximum Gasteiger partial charge on any atom is 0.416 e. The van der Waals surface area contributed by atoms with Crippen molar-refractivity contribution in [1.82, 2.24) is 5.32 Å². The summed E-state index contributed by atoms with van der Waals surface area (Å²) in [6.45, 7) is 3.53. The third kappa shape index (κ3) is 4.74. The van der Waals surface area contributed by atoms with E-state index in [1.165, 1.54) is 12.1 Å². The van der Waals surface area contributed by atoms with Crippen LogP contribution in [0.15, 0.2) is 24.3 Å². The second-order valence-electron chi connectivity index (χ2n) is 4.86. The predicted octanol–water partition coefficient (Wildman–Crippen LogP) is 3.84. The fraction of sp³-hybridized carbons (Fsp3) is 0.462. The molecule has 0 saturated carbocycles. The standard InChI is InChI=1S/C13H15ClF3NO/c1-12(2,6-7-14)18-11(19)9-4-3-5-10(8-9)13(15,16)17/h3-5,8H,6-7H2,1-2H3,(H,18,19). The maximum atomic E-state index is 12.5. The van der Waals surface area contributed by atoms with Crippen LogP contribution in [0.5, 0.6) is 0 Å². The summed E-state index contributed by atoms with van der Waals surface area (Å²) >= 11 is 5.60. The second-order valence-corrected chi connectivity index (χ2v) is 5.23. The Morgan fingerprint density at radius 2 is 1.95 bits per heavy atom. The van der Waals surface area contributed by atoms with Crippen molar-refractivity contribution in [3.8, 4) is 0 Å². The molecule has 19 heavy (non-hydrogen) atoms. The number of rotatable bonds is 4. The molecule has 6 heteroatoms. The van der Waals surface area contributed by atoms with Gasteiger partial charge in [-0.25, -0.2) is 0 Å². The SMILES string of the molecule is CC(C)(CCCl)NC(=O)c1cccc(C(F)(F)F)c1. The zero-order valence-corrected chi connectivity index (χ0v) is 11.4. The Bertz CT molecular complexity index is 457. The van der Waals surface area contributed by atoms with Crippen LogP contribution in [0.3, 0.4) is 0 Å². The number of amides is 1. The topological polar surface area (TPSA) is 29.1 Å². The van der Waals surface area contributed by atoms with Crippen LogP contribution < -0.4 is 5.32 Å². The highest BCUT2D eigenvalue weighted by Gasteiger charge is 2.31. The van der Waals surface area contributed by atoms with Crippen molar-refractivity contribution in [3.63, 3.8) is 0 Å². The molecule has 106 valence electrons. The van der Waals surface area contributed by atoms with Gasteiger partial charge in [0.05, 0.1) is 5.56 Å². The number of benzene rings is 1. The first-order valence-electron chi connectivity index (χ1n) is 5.71. The van der Waals surface area contributed by atoms with E-state index < -0.39 is 23.2 Å². The third-order valence-electron chi connectivity index (χ3n) is 2.62. The van der Waals surface area contributed by atoms with Gasteiger partial charge in [0.15, 0.2) is 0 Å². The van der Waals surface area contributed by atoms with E-state index in [9.17, 15) is 18.0 Å². The molecule has 0 aliphatic heterocycles. The number of nitrogens with one attached hydrogen (secondary N) is 1. The molecular formula is C13H15ClF3NO. The maximum absolute atomic E-state index is 12.5. The molecule has 0 atom stereocenters. The molecule has 0 unspecified atom stereocenters. The van der Waals surface area contributed by atoms with Crippen molar-refractivity contribution < 1.29 is 18.0 Å². The van der Waals surface area contributed by atoms with Crippen molar-refractivity contribution in [1.29, 1.82) is 0 Å². The van der Waals surface area contributed by atoms with E-state index in [1.807, 2.05) is 0 Å². The van der Waals surface area contributed by atoms with Crippen LogP contribution in [0.25, 0.3) is 0 Å². The molecule has 1 amide bonds. The summed E-state index contributed by atoms with van der Waals surface area (Å²) in [5, 5.41) is 2.66. The Balaban J connectivity index is 2.89. The Kier molecular flexibility index (Phi) is 4.85. The number of halogens is 4. The van der Waals surface area contributed by atoms with Crippen LogP contribution in [0.4, 0.5) is 13.2 Å². The lowest BCUT2D eigenvalue weighted by molar-refractivity contribution is -0.137. The van der Waals surface area contributed by atoms with E-state index in [4.69, 9.17) is 11.6 Å². The highest BCUT2D eigenvalue weighted by atomic mass is 35.5. The van der Waals surface area contributed by atoms with Gasteiger partial charge in [0.2, 0.25) is 0 Å². The lowest BCUT2D eigenvalue weighted by atomic mass is 10.0. The minimum Gasteiger partial charge on any atom is -0.347 e. The Hall–Kier alpha value is -1.23. The number of hydrogen-bond donors (Lipinski definition) is 1.